The van der Waals surface area contributed by atoms with Crippen LogP contribution in [0.2, 0.25) is 0 Å². The number of nitrogens with one attached hydrogen (secondary N) is 1. The van der Waals surface area contributed by atoms with E-state index in [0.717, 1.165) is 5.48 Å². The molecule has 0 aromatic heterocycles. The highest BCUT2D eigenvalue weighted by molar-refractivity contribution is 5.90. The molecule has 2 unspecified atom stereocenters. The molecule has 0 aliphatic rings. The number of hydrogen-bond acceptors (Lipinski definition) is 7. The lowest BCUT2D eigenvalue weighted by Crippen LogP contribution is -2.49. The van der Waals surface area contributed by atoms with Gasteiger partial charge in [-0.2, -0.15) is 0 Å². The lowest BCUT2D eigenvalue weighted by molar-refractivity contribution is -0.184. The van der Waals surface area contributed by atoms with E-state index in [1.807, 2.05) is 0 Å². The lowest BCUT2D eigenvalue weighted by Gasteiger charge is -2.21. The first-order valence-corrected chi connectivity index (χ1v) is 5.43. The van der Waals surface area contributed by atoms with E-state index in [4.69, 9.17) is 10.3 Å². The summed E-state index contributed by atoms with van der Waals surface area (Å²) >= 11 is 0. The van der Waals surface area contributed by atoms with Crippen LogP contribution in [-0.2, 0) is 28.7 Å². The van der Waals surface area contributed by atoms with Gasteiger partial charge in [0.25, 0.3) is 5.91 Å². The molecule has 0 aromatic rings. The third-order valence-electron chi connectivity index (χ3n) is 1.98. The van der Waals surface area contributed by atoms with Crippen LogP contribution in [0, 0.1) is 0 Å². The Balaban J connectivity index is 5.13. The smallest absolute Gasteiger partial charge is 0.349 e. The molecule has 0 aromatic carbocycles. The summed E-state index contributed by atoms with van der Waals surface area (Å²) in [5.74, 6) is -4.76. The number of hydrogen-bond donors (Lipinski definition) is 3. The third kappa shape index (κ3) is 5.34. The van der Waals surface area contributed by atoms with E-state index in [-0.39, 0.29) is 12.8 Å². The fraction of sp³-hybridized carbons (Fsp3) is 0.600. The molecule has 108 valence electrons. The molecule has 9 nitrogen and oxygen atoms in total. The van der Waals surface area contributed by atoms with Gasteiger partial charge in [-0.3, -0.25) is 19.6 Å². The van der Waals surface area contributed by atoms with E-state index in [9.17, 15) is 19.2 Å². The van der Waals surface area contributed by atoms with Crippen molar-refractivity contribution in [3.8, 4) is 0 Å². The van der Waals surface area contributed by atoms with Gasteiger partial charge in [0, 0.05) is 12.8 Å². The number of carbonyl (C=O) groups is 4. The van der Waals surface area contributed by atoms with Crippen LogP contribution >= 0.6 is 0 Å². The van der Waals surface area contributed by atoms with Crippen LogP contribution < -0.4 is 5.48 Å². The van der Waals surface area contributed by atoms with E-state index >= 15 is 0 Å². The molecular weight excluding hydrogens is 262 g/mol. The van der Waals surface area contributed by atoms with Crippen LogP contribution in [-0.4, -0.2) is 46.3 Å². The molecule has 3 N–H and O–H groups in total. The Morgan fingerprint density at radius 1 is 1.00 bits per heavy atom. The molecule has 0 spiro atoms. The summed E-state index contributed by atoms with van der Waals surface area (Å²) in [5, 5.41) is 17.4. The molecule has 0 aliphatic heterocycles. The maximum atomic E-state index is 11.3. The van der Waals surface area contributed by atoms with Gasteiger partial charge in [-0.15, -0.1) is 0 Å². The van der Waals surface area contributed by atoms with Gasteiger partial charge in [-0.25, -0.2) is 10.3 Å². The fourth-order valence-corrected chi connectivity index (χ4v) is 1.01. The molecule has 0 radical (unpaired) electrons. The Labute approximate surface area is 108 Å². The van der Waals surface area contributed by atoms with E-state index in [0.29, 0.717) is 0 Å². The summed E-state index contributed by atoms with van der Waals surface area (Å²) in [6.07, 6.45) is -4.25. The number of esters is 2. The van der Waals surface area contributed by atoms with Crippen molar-refractivity contribution in [2.24, 2.45) is 0 Å². The summed E-state index contributed by atoms with van der Waals surface area (Å²) in [4.78, 5) is 44.4. The largest absolute Gasteiger partial charge is 0.478 e. The van der Waals surface area contributed by atoms with Crippen LogP contribution in [0.1, 0.15) is 26.7 Å². The van der Waals surface area contributed by atoms with Gasteiger partial charge in [0.2, 0.25) is 12.2 Å². The van der Waals surface area contributed by atoms with Crippen LogP contribution in [0.4, 0.5) is 0 Å². The first kappa shape index (κ1) is 16.8. The predicted octanol–water partition coefficient (Wildman–Crippen LogP) is -0.780. The first-order chi connectivity index (χ1) is 8.87. The van der Waals surface area contributed by atoms with E-state index in [2.05, 4.69) is 9.47 Å². The number of hydroxylamine groups is 1. The maximum absolute atomic E-state index is 11.3. The summed E-state index contributed by atoms with van der Waals surface area (Å²) in [6.45, 7) is 2.84. The monoisotopic (exact) mass is 277 g/mol. The van der Waals surface area contributed by atoms with Crippen molar-refractivity contribution in [2.75, 3.05) is 0 Å². The van der Waals surface area contributed by atoms with Crippen molar-refractivity contribution < 1.29 is 39.0 Å². The summed E-state index contributed by atoms with van der Waals surface area (Å²) in [6, 6.07) is 0. The van der Waals surface area contributed by atoms with Gasteiger partial charge in [0.15, 0.2) is 0 Å². The molecule has 9 heteroatoms. The molecule has 19 heavy (non-hydrogen) atoms. The number of amides is 1. The summed E-state index contributed by atoms with van der Waals surface area (Å²) < 4.78 is 9.06. The van der Waals surface area contributed by atoms with Crippen molar-refractivity contribution >= 4 is 23.8 Å². The fourth-order valence-electron chi connectivity index (χ4n) is 1.01. The Morgan fingerprint density at radius 2 is 1.42 bits per heavy atom. The van der Waals surface area contributed by atoms with E-state index in [1.54, 1.807) is 0 Å². The van der Waals surface area contributed by atoms with Crippen LogP contribution in [0.5, 0.6) is 0 Å². The van der Waals surface area contributed by atoms with Crippen molar-refractivity contribution in [3.05, 3.63) is 0 Å². The maximum Gasteiger partial charge on any atom is 0.349 e. The van der Waals surface area contributed by atoms with Gasteiger partial charge < -0.3 is 14.6 Å². The van der Waals surface area contributed by atoms with Crippen LogP contribution in [0.3, 0.4) is 0 Å². The topological polar surface area (TPSA) is 139 Å². The predicted molar refractivity (Wildman–Crippen MR) is 57.9 cm³/mol. The van der Waals surface area contributed by atoms with E-state index < -0.39 is 36.0 Å². The molecule has 1 amide bonds. The quantitative estimate of drug-likeness (QED) is 0.313. The Kier molecular flexibility index (Phi) is 7.12. The summed E-state index contributed by atoms with van der Waals surface area (Å²) in [7, 11) is 0. The second-order valence-corrected chi connectivity index (χ2v) is 3.34. The zero-order chi connectivity index (χ0) is 15.0. The Hall–Kier alpha value is -2.16. The zero-order valence-electron chi connectivity index (χ0n) is 10.4. The number of aliphatic carboxylic acids is 1. The minimum Gasteiger partial charge on any atom is -0.478 e. The highest BCUT2D eigenvalue weighted by atomic mass is 16.6. The highest BCUT2D eigenvalue weighted by Gasteiger charge is 2.39. The Bertz CT molecular complexity index is 367. The van der Waals surface area contributed by atoms with Gasteiger partial charge >= 0.3 is 17.9 Å². The third-order valence-corrected chi connectivity index (χ3v) is 1.98. The normalized spacial score (nSPS) is 13.0. The summed E-state index contributed by atoms with van der Waals surface area (Å²) in [5.41, 5.74) is 1.15. The molecule has 0 bridgehead atoms. The van der Waals surface area contributed by atoms with E-state index in [1.165, 1.54) is 13.8 Å². The molecule has 2 atom stereocenters. The molecule has 0 rings (SSSR count). The van der Waals surface area contributed by atoms with Crippen molar-refractivity contribution in [1.82, 2.24) is 5.48 Å². The standard InChI is InChI=1S/C10H15NO8/c1-3-5(12)18-7(9(14)11-17)8(10(15)16)19-6(13)4-2/h7-8,17H,3-4H2,1-2H3,(H,11,14)(H,15,16). The van der Waals surface area contributed by atoms with Gasteiger partial charge in [-0.05, 0) is 0 Å². The number of ether oxygens (including phenoxy) is 2. The van der Waals surface area contributed by atoms with Crippen LogP contribution in [0.25, 0.3) is 0 Å². The number of carboxylic acids is 1. The average Bonchev–Trinajstić information content (AvgIpc) is 2.40. The van der Waals surface area contributed by atoms with Crippen molar-refractivity contribution in [2.45, 2.75) is 38.9 Å². The SMILES string of the molecule is CCC(=O)OC(C(=O)O)C(OC(=O)CC)C(=O)NO. The number of carbonyl (C=O) groups excluding carboxylic acids is 3. The molecule has 0 saturated carbocycles. The lowest BCUT2D eigenvalue weighted by atomic mass is 10.2. The zero-order valence-corrected chi connectivity index (χ0v) is 10.4. The molecule has 0 heterocycles. The molecule has 0 aliphatic carbocycles. The average molecular weight is 277 g/mol. The second kappa shape index (κ2) is 8.03. The van der Waals surface area contributed by atoms with Gasteiger partial charge in [0.05, 0.1) is 0 Å². The number of carboxylic acid groups (broad SMARTS) is 1. The van der Waals surface area contributed by atoms with Gasteiger partial charge in [-0.1, -0.05) is 13.8 Å². The Morgan fingerprint density at radius 3 is 1.74 bits per heavy atom. The molecule has 0 fully saturated rings. The number of rotatable bonds is 7. The minimum atomic E-state index is -2.03. The second-order valence-electron chi connectivity index (χ2n) is 3.34. The molecule has 0 saturated heterocycles. The van der Waals surface area contributed by atoms with Crippen molar-refractivity contribution in [3.63, 3.8) is 0 Å². The molecular formula is C10H15NO8. The van der Waals surface area contributed by atoms with Crippen molar-refractivity contribution in [1.29, 1.82) is 0 Å². The minimum absolute atomic E-state index is 0.122. The first-order valence-electron chi connectivity index (χ1n) is 5.43. The highest BCUT2D eigenvalue weighted by Crippen LogP contribution is 2.09. The van der Waals surface area contributed by atoms with Crippen LogP contribution in [0.15, 0.2) is 0 Å². The van der Waals surface area contributed by atoms with Gasteiger partial charge in [0.1, 0.15) is 0 Å².